The summed E-state index contributed by atoms with van der Waals surface area (Å²) in [5, 5.41) is 3.12. The quantitative estimate of drug-likeness (QED) is 0.0808. The van der Waals surface area contributed by atoms with Crippen LogP contribution in [0.2, 0.25) is 0 Å². The summed E-state index contributed by atoms with van der Waals surface area (Å²) in [6, 6.07) is 15.2. The molecule has 15 heteroatoms. The Kier molecular flexibility index (Phi) is 17.2. The van der Waals surface area contributed by atoms with E-state index in [0.29, 0.717) is 75.5 Å². The van der Waals surface area contributed by atoms with E-state index in [1.165, 1.54) is 12.1 Å². The van der Waals surface area contributed by atoms with E-state index >= 15 is 0 Å². The van der Waals surface area contributed by atoms with E-state index in [1.807, 2.05) is 52.0 Å². The number of aryl methyl sites for hydroxylation is 3. The van der Waals surface area contributed by atoms with Crippen molar-refractivity contribution in [3.8, 4) is 5.75 Å². The lowest BCUT2D eigenvalue weighted by Gasteiger charge is -2.35. The minimum absolute atomic E-state index is 0.0275. The number of nitrogens with zero attached hydrogens (tertiary/aromatic N) is 3. The number of likely N-dealkylation sites (tertiary alicyclic amines) is 2. The van der Waals surface area contributed by atoms with Crippen LogP contribution in [0.1, 0.15) is 115 Å². The zero-order valence-electron chi connectivity index (χ0n) is 38.0. The predicted octanol–water partition coefficient (Wildman–Crippen LogP) is 7.51. The second kappa shape index (κ2) is 22.1. The lowest BCUT2D eigenvalue weighted by molar-refractivity contribution is -0.155. The number of esters is 1. The molecule has 0 saturated carbocycles. The highest BCUT2D eigenvalue weighted by atomic mass is 32.2. The molecule has 0 spiro atoms. The molecule has 0 radical (unpaired) electrons. The third-order valence-corrected chi connectivity index (χ3v) is 12.3. The van der Waals surface area contributed by atoms with Crippen LogP contribution in [-0.2, 0) is 51.0 Å². The zero-order chi connectivity index (χ0) is 45.8. The third kappa shape index (κ3) is 16.2. The van der Waals surface area contributed by atoms with Gasteiger partial charge >= 0.3 is 12.1 Å². The molecular weight excluding hydrogens is 825 g/mol. The Labute approximate surface area is 373 Å². The summed E-state index contributed by atoms with van der Waals surface area (Å²) in [5.41, 5.74) is 2.26. The molecule has 1 aromatic heterocycles. The van der Waals surface area contributed by atoms with Gasteiger partial charge in [-0.3, -0.25) is 23.6 Å². The number of nitrogens with one attached hydrogen (secondary N) is 1. The van der Waals surface area contributed by atoms with E-state index < -0.39 is 39.2 Å². The SMILES string of the molecule is Cc1ccc(S(=O)(=O)OCCOc2cccc(CCc3cncc([C@H](CC(=O)OC(C)(C)C)NC(=O)[C@@H]4CCCN(C(=O)CCC5CCN(C(=O)OC(C)(C)C)CC5)C4)c3)c2)cc1. The van der Waals surface area contributed by atoms with Crippen molar-refractivity contribution < 1.29 is 46.0 Å². The number of hydrogen-bond donors (Lipinski definition) is 1. The molecule has 2 fully saturated rings. The van der Waals surface area contributed by atoms with Crippen LogP contribution in [0.5, 0.6) is 5.75 Å². The second-order valence-electron chi connectivity index (χ2n) is 18.7. The van der Waals surface area contributed by atoms with E-state index in [0.717, 1.165) is 36.0 Å². The number of piperidine rings is 2. The van der Waals surface area contributed by atoms with Crippen LogP contribution in [0.4, 0.5) is 4.79 Å². The normalized spacial score (nSPS) is 16.8. The minimum atomic E-state index is -3.89. The summed E-state index contributed by atoms with van der Waals surface area (Å²) in [6.45, 7) is 14.9. The molecule has 2 atom stereocenters. The van der Waals surface area contributed by atoms with Crippen molar-refractivity contribution in [2.45, 2.75) is 128 Å². The Morgan fingerprint density at radius 2 is 1.52 bits per heavy atom. The molecule has 63 heavy (non-hydrogen) atoms. The van der Waals surface area contributed by atoms with Crippen molar-refractivity contribution in [3.05, 3.63) is 89.2 Å². The van der Waals surface area contributed by atoms with Gasteiger partial charge < -0.3 is 29.3 Å². The summed E-state index contributed by atoms with van der Waals surface area (Å²) >= 11 is 0. The molecule has 14 nitrogen and oxygen atoms in total. The first kappa shape index (κ1) is 49.0. The van der Waals surface area contributed by atoms with E-state index in [1.54, 1.807) is 61.2 Å². The summed E-state index contributed by atoms with van der Waals surface area (Å²) < 4.78 is 47.2. The maximum Gasteiger partial charge on any atom is 0.410 e. The molecule has 0 unspecified atom stereocenters. The number of benzene rings is 2. The van der Waals surface area contributed by atoms with Gasteiger partial charge in [0, 0.05) is 45.0 Å². The van der Waals surface area contributed by atoms with Crippen molar-refractivity contribution in [1.29, 1.82) is 0 Å². The van der Waals surface area contributed by atoms with Gasteiger partial charge in [0.15, 0.2) is 0 Å². The Bertz CT molecular complexity index is 2120. The maximum atomic E-state index is 13.9. The molecule has 344 valence electrons. The van der Waals surface area contributed by atoms with Gasteiger partial charge in [-0.1, -0.05) is 35.9 Å². The molecule has 2 aromatic carbocycles. The van der Waals surface area contributed by atoms with Crippen molar-refractivity contribution in [2.24, 2.45) is 11.8 Å². The molecule has 0 bridgehead atoms. The van der Waals surface area contributed by atoms with Crippen molar-refractivity contribution in [3.63, 3.8) is 0 Å². The van der Waals surface area contributed by atoms with Crippen LogP contribution in [0.15, 0.2) is 71.9 Å². The van der Waals surface area contributed by atoms with Crippen LogP contribution in [0.25, 0.3) is 0 Å². The number of hydrogen-bond acceptors (Lipinski definition) is 11. The fourth-order valence-electron chi connectivity index (χ4n) is 7.72. The second-order valence-corrected chi connectivity index (χ2v) is 20.3. The fourth-order valence-corrected chi connectivity index (χ4v) is 8.61. The van der Waals surface area contributed by atoms with Gasteiger partial charge in [0.2, 0.25) is 11.8 Å². The first-order valence-corrected chi connectivity index (χ1v) is 23.5. The molecule has 2 aliphatic rings. The van der Waals surface area contributed by atoms with E-state index in [-0.39, 0.29) is 42.4 Å². The number of pyridine rings is 1. The molecule has 2 saturated heterocycles. The Morgan fingerprint density at radius 3 is 2.22 bits per heavy atom. The monoisotopic (exact) mass is 890 g/mol. The lowest BCUT2D eigenvalue weighted by Crippen LogP contribution is -2.46. The van der Waals surface area contributed by atoms with Gasteiger partial charge in [-0.25, -0.2) is 4.79 Å². The predicted molar refractivity (Wildman–Crippen MR) is 238 cm³/mol. The molecule has 5 rings (SSSR count). The van der Waals surface area contributed by atoms with Crippen molar-refractivity contribution in [1.82, 2.24) is 20.1 Å². The van der Waals surface area contributed by atoms with Crippen LogP contribution >= 0.6 is 0 Å². The summed E-state index contributed by atoms with van der Waals surface area (Å²) in [7, 11) is -3.89. The van der Waals surface area contributed by atoms with Crippen molar-refractivity contribution >= 4 is 34.0 Å². The van der Waals surface area contributed by atoms with Crippen molar-refractivity contribution in [2.75, 3.05) is 39.4 Å². The standard InChI is InChI=1S/C48H66N4O10S/c1-34-13-18-41(19-14-34)63(57,58)60-27-26-59-40-12-8-10-36(29-40)15-16-37-28-39(32-49-31-37)42(30-44(54)61-47(2,3)4)50-45(55)38-11-9-23-52(33-38)43(53)20-17-35-21-24-51(25-22-35)46(56)62-48(5,6)7/h8,10,12-14,18-19,28-29,31-32,35,38,42H,9,11,15-17,20-27,30,33H2,1-7H3,(H,50,55)/t38-,42+/m1/s1. The topological polar surface area (TPSA) is 171 Å². The van der Waals surface area contributed by atoms with E-state index in [2.05, 4.69) is 10.3 Å². The molecule has 0 aliphatic carbocycles. The number of amides is 3. The van der Waals surface area contributed by atoms with Gasteiger partial charge in [0.1, 0.15) is 30.2 Å². The van der Waals surface area contributed by atoms with Gasteiger partial charge in [0.05, 0.1) is 23.3 Å². The Morgan fingerprint density at radius 1 is 0.825 bits per heavy atom. The summed E-state index contributed by atoms with van der Waals surface area (Å²) in [5.74, 6) is -0.169. The van der Waals surface area contributed by atoms with Gasteiger partial charge in [-0.15, -0.1) is 0 Å². The van der Waals surface area contributed by atoms with E-state index in [4.69, 9.17) is 18.4 Å². The Balaban J connectivity index is 1.14. The first-order valence-electron chi connectivity index (χ1n) is 22.1. The average Bonchev–Trinajstić information content (AvgIpc) is 3.22. The van der Waals surface area contributed by atoms with Crippen LogP contribution in [-0.4, -0.2) is 97.7 Å². The summed E-state index contributed by atoms with van der Waals surface area (Å²) in [4.78, 5) is 61.1. The van der Waals surface area contributed by atoms with Gasteiger partial charge in [0.25, 0.3) is 10.1 Å². The molecule has 3 aromatic rings. The number of aromatic nitrogens is 1. The zero-order valence-corrected chi connectivity index (χ0v) is 38.8. The smallest absolute Gasteiger partial charge is 0.410 e. The first-order chi connectivity index (χ1) is 29.7. The molecule has 1 N–H and O–H groups in total. The maximum absolute atomic E-state index is 13.9. The number of ether oxygens (including phenoxy) is 3. The van der Waals surface area contributed by atoms with Gasteiger partial charge in [-0.2, -0.15) is 8.42 Å². The average molecular weight is 891 g/mol. The minimum Gasteiger partial charge on any atom is -0.491 e. The molecular formula is C48H66N4O10S. The Hall–Kier alpha value is -5.02. The molecule has 2 aliphatic heterocycles. The van der Waals surface area contributed by atoms with Gasteiger partial charge in [-0.05, 0) is 140 Å². The highest BCUT2D eigenvalue weighted by Gasteiger charge is 2.32. The number of carbonyl (C=O) groups is 4. The lowest BCUT2D eigenvalue weighted by atomic mass is 9.91. The van der Waals surface area contributed by atoms with Crippen LogP contribution in [0.3, 0.4) is 0 Å². The molecule has 3 heterocycles. The largest absolute Gasteiger partial charge is 0.491 e. The number of carbonyl (C=O) groups excluding carboxylic acids is 4. The highest BCUT2D eigenvalue weighted by Crippen LogP contribution is 2.27. The van der Waals surface area contributed by atoms with Crippen LogP contribution in [0, 0.1) is 18.8 Å². The fraction of sp³-hybridized carbons (Fsp3) is 0.562. The summed E-state index contributed by atoms with van der Waals surface area (Å²) in [6.07, 6.45) is 8.35. The van der Waals surface area contributed by atoms with E-state index in [9.17, 15) is 27.6 Å². The third-order valence-electron chi connectivity index (χ3n) is 11.0. The van der Waals surface area contributed by atoms with Crippen LogP contribution < -0.4 is 10.1 Å². The molecule has 3 amide bonds. The number of rotatable bonds is 17. The highest BCUT2D eigenvalue weighted by molar-refractivity contribution is 7.86.